The first-order chi connectivity index (χ1) is 11.4. The molecule has 0 atom stereocenters. The molecule has 2 aromatic carbocycles. The van der Waals surface area contributed by atoms with Crippen LogP contribution in [0.2, 0.25) is 0 Å². The summed E-state index contributed by atoms with van der Waals surface area (Å²) in [7, 11) is 0. The maximum atomic E-state index is 12.5. The molecule has 0 aliphatic carbocycles. The lowest BCUT2D eigenvalue weighted by Gasteiger charge is -2.15. The van der Waals surface area contributed by atoms with Gasteiger partial charge in [-0.15, -0.1) is 0 Å². The van der Waals surface area contributed by atoms with E-state index in [0.717, 1.165) is 29.0 Å². The molecule has 24 heavy (non-hydrogen) atoms. The molecule has 0 saturated carbocycles. The highest BCUT2D eigenvalue weighted by molar-refractivity contribution is 6.04. The van der Waals surface area contributed by atoms with Gasteiger partial charge in [-0.2, -0.15) is 13.2 Å². The smallest absolute Gasteiger partial charge is 0.416 e. The summed E-state index contributed by atoms with van der Waals surface area (Å²) in [6.07, 6.45) is 0.464. The van der Waals surface area contributed by atoms with Crippen molar-refractivity contribution in [1.82, 2.24) is 0 Å². The fraction of sp³-hybridized carbons (Fsp3) is 0.105. The molecule has 0 N–H and O–H groups in total. The second-order valence-electron chi connectivity index (χ2n) is 5.32. The standard InChI is InChI=1S/C19H13F3O2/c20-19(21,22)16-8-6-14(7-9-16)17(23)10-5-13-11-15-3-1-2-4-18(15)24-12-13/h1-11H,12H2/b10-5+. The zero-order chi connectivity index (χ0) is 17.2. The van der Waals surface area contributed by atoms with Crippen LogP contribution in [0.25, 0.3) is 6.08 Å². The molecule has 0 radical (unpaired) electrons. The molecule has 2 nitrogen and oxygen atoms in total. The molecule has 0 fully saturated rings. The third kappa shape index (κ3) is 3.56. The second-order valence-corrected chi connectivity index (χ2v) is 5.32. The number of para-hydroxylation sites is 1. The molecule has 2 aromatic rings. The van der Waals surface area contributed by atoms with Crippen molar-refractivity contribution in [2.24, 2.45) is 0 Å². The zero-order valence-corrected chi connectivity index (χ0v) is 12.5. The molecule has 0 unspecified atom stereocenters. The third-order valence-corrected chi connectivity index (χ3v) is 3.60. The lowest BCUT2D eigenvalue weighted by molar-refractivity contribution is -0.137. The van der Waals surface area contributed by atoms with E-state index in [-0.39, 0.29) is 11.3 Å². The normalized spacial score (nSPS) is 14.0. The van der Waals surface area contributed by atoms with Gasteiger partial charge in [0.15, 0.2) is 5.78 Å². The lowest BCUT2D eigenvalue weighted by Crippen LogP contribution is -2.06. The quantitative estimate of drug-likeness (QED) is 0.590. The Bertz CT molecular complexity index is 815. The predicted molar refractivity (Wildman–Crippen MR) is 84.8 cm³/mol. The Hall–Kier alpha value is -2.82. The van der Waals surface area contributed by atoms with Crippen LogP contribution in [-0.2, 0) is 6.18 Å². The minimum Gasteiger partial charge on any atom is -0.488 e. The van der Waals surface area contributed by atoms with Gasteiger partial charge in [0.2, 0.25) is 0 Å². The number of ketones is 1. The van der Waals surface area contributed by atoms with Gasteiger partial charge < -0.3 is 4.74 Å². The first-order valence-corrected chi connectivity index (χ1v) is 7.25. The van der Waals surface area contributed by atoms with E-state index >= 15 is 0 Å². The molecule has 5 heteroatoms. The summed E-state index contributed by atoms with van der Waals surface area (Å²) in [5.41, 5.74) is 1.17. The van der Waals surface area contributed by atoms with Crippen molar-refractivity contribution in [1.29, 1.82) is 0 Å². The van der Waals surface area contributed by atoms with Gasteiger partial charge >= 0.3 is 6.18 Å². The molecule has 1 heterocycles. The molecular weight excluding hydrogens is 317 g/mol. The van der Waals surface area contributed by atoms with Crippen molar-refractivity contribution in [2.45, 2.75) is 6.18 Å². The van der Waals surface area contributed by atoms with Gasteiger partial charge in [-0.1, -0.05) is 36.4 Å². The topological polar surface area (TPSA) is 26.3 Å². The van der Waals surface area contributed by atoms with Gasteiger partial charge in [-0.25, -0.2) is 0 Å². The summed E-state index contributed by atoms with van der Waals surface area (Å²) in [5, 5.41) is 0. The second kappa shape index (κ2) is 6.35. The summed E-state index contributed by atoms with van der Waals surface area (Å²) in [4.78, 5) is 12.1. The lowest BCUT2D eigenvalue weighted by atomic mass is 10.0. The van der Waals surface area contributed by atoms with E-state index in [9.17, 15) is 18.0 Å². The van der Waals surface area contributed by atoms with E-state index in [4.69, 9.17) is 4.74 Å². The van der Waals surface area contributed by atoms with Gasteiger partial charge in [-0.05, 0) is 35.9 Å². The fourth-order valence-electron chi connectivity index (χ4n) is 2.33. The summed E-state index contributed by atoms with van der Waals surface area (Å²) in [6.45, 7) is 0.341. The van der Waals surface area contributed by atoms with Crippen molar-refractivity contribution in [3.63, 3.8) is 0 Å². The Labute approximate surface area is 136 Å². The van der Waals surface area contributed by atoms with Gasteiger partial charge in [-0.3, -0.25) is 4.79 Å². The van der Waals surface area contributed by atoms with Gasteiger partial charge in [0.25, 0.3) is 0 Å². The molecule has 122 valence electrons. The Morgan fingerprint density at radius 2 is 1.75 bits per heavy atom. The molecule has 1 aliphatic rings. The van der Waals surface area contributed by atoms with Crippen LogP contribution in [0.3, 0.4) is 0 Å². The predicted octanol–water partition coefficient (Wildman–Crippen LogP) is 4.92. The molecule has 0 aromatic heterocycles. The average Bonchev–Trinajstić information content (AvgIpc) is 2.59. The van der Waals surface area contributed by atoms with Crippen LogP contribution in [0.4, 0.5) is 13.2 Å². The maximum absolute atomic E-state index is 12.5. The fourth-order valence-corrected chi connectivity index (χ4v) is 2.33. The van der Waals surface area contributed by atoms with Crippen LogP contribution in [0.1, 0.15) is 21.5 Å². The third-order valence-electron chi connectivity index (χ3n) is 3.60. The number of hydrogen-bond donors (Lipinski definition) is 0. The van der Waals surface area contributed by atoms with Crippen LogP contribution in [0.5, 0.6) is 5.75 Å². The number of fused-ring (bicyclic) bond motifs is 1. The van der Waals surface area contributed by atoms with E-state index in [1.165, 1.54) is 18.2 Å². The Balaban J connectivity index is 1.73. The summed E-state index contributed by atoms with van der Waals surface area (Å²) in [6, 6.07) is 11.7. The Kier molecular flexibility index (Phi) is 4.25. The van der Waals surface area contributed by atoms with E-state index in [1.807, 2.05) is 30.3 Å². The summed E-state index contributed by atoms with van der Waals surface area (Å²) >= 11 is 0. The molecule has 0 bridgehead atoms. The van der Waals surface area contributed by atoms with Crippen molar-refractivity contribution < 1.29 is 22.7 Å². The molecule has 1 aliphatic heterocycles. The number of alkyl halides is 3. The number of ether oxygens (including phenoxy) is 1. The van der Waals surface area contributed by atoms with E-state index < -0.39 is 11.7 Å². The van der Waals surface area contributed by atoms with Crippen LogP contribution < -0.4 is 4.74 Å². The number of rotatable bonds is 3. The van der Waals surface area contributed by atoms with Crippen LogP contribution in [0.15, 0.2) is 66.3 Å². The molecule has 0 amide bonds. The highest BCUT2D eigenvalue weighted by Gasteiger charge is 2.30. The minimum atomic E-state index is -4.41. The van der Waals surface area contributed by atoms with E-state index in [1.54, 1.807) is 6.08 Å². The first-order valence-electron chi connectivity index (χ1n) is 7.25. The Morgan fingerprint density at radius 1 is 1.04 bits per heavy atom. The van der Waals surface area contributed by atoms with Crippen LogP contribution in [-0.4, -0.2) is 12.4 Å². The zero-order valence-electron chi connectivity index (χ0n) is 12.5. The number of allylic oxidation sites excluding steroid dienone is 1. The molecular formula is C19H13F3O2. The van der Waals surface area contributed by atoms with Crippen molar-refractivity contribution in [3.05, 3.63) is 82.9 Å². The monoisotopic (exact) mass is 330 g/mol. The number of benzene rings is 2. The number of carbonyl (C=O) groups excluding carboxylic acids is 1. The largest absolute Gasteiger partial charge is 0.488 e. The van der Waals surface area contributed by atoms with E-state index in [0.29, 0.717) is 6.61 Å². The number of halogens is 3. The summed E-state index contributed by atoms with van der Waals surface area (Å²) in [5.74, 6) is 0.423. The molecule has 0 spiro atoms. The highest BCUT2D eigenvalue weighted by atomic mass is 19.4. The first kappa shape index (κ1) is 16.1. The number of hydrogen-bond acceptors (Lipinski definition) is 2. The van der Waals surface area contributed by atoms with Crippen molar-refractivity contribution >= 4 is 11.9 Å². The number of carbonyl (C=O) groups is 1. The van der Waals surface area contributed by atoms with Crippen LogP contribution in [0, 0.1) is 0 Å². The van der Waals surface area contributed by atoms with Crippen molar-refractivity contribution in [3.8, 4) is 5.75 Å². The molecule has 0 saturated heterocycles. The van der Waals surface area contributed by atoms with Crippen LogP contribution >= 0.6 is 0 Å². The summed E-state index contributed by atoms with van der Waals surface area (Å²) < 4.78 is 43.1. The van der Waals surface area contributed by atoms with E-state index in [2.05, 4.69) is 0 Å². The molecule has 3 rings (SSSR count). The van der Waals surface area contributed by atoms with Gasteiger partial charge in [0, 0.05) is 11.1 Å². The Morgan fingerprint density at radius 3 is 2.46 bits per heavy atom. The minimum absolute atomic E-state index is 0.206. The van der Waals surface area contributed by atoms with Gasteiger partial charge in [0.1, 0.15) is 12.4 Å². The van der Waals surface area contributed by atoms with Gasteiger partial charge in [0.05, 0.1) is 5.56 Å². The maximum Gasteiger partial charge on any atom is 0.416 e. The SMILES string of the molecule is O=C(/C=C/C1=Cc2ccccc2OC1)c1ccc(C(F)(F)F)cc1. The average molecular weight is 330 g/mol. The van der Waals surface area contributed by atoms with Crippen molar-refractivity contribution in [2.75, 3.05) is 6.61 Å². The highest BCUT2D eigenvalue weighted by Crippen LogP contribution is 2.29.